The van der Waals surface area contributed by atoms with Gasteiger partial charge in [0.25, 0.3) is 0 Å². The van der Waals surface area contributed by atoms with Crippen molar-refractivity contribution < 1.29 is 13.2 Å². The Morgan fingerprint density at radius 2 is 1.64 bits per heavy atom. The van der Waals surface area contributed by atoms with E-state index in [9.17, 15) is 13.2 Å². The summed E-state index contributed by atoms with van der Waals surface area (Å²) < 4.78 is 38.6. The predicted molar refractivity (Wildman–Crippen MR) is 90.3 cm³/mol. The zero-order valence-corrected chi connectivity index (χ0v) is 14.3. The third-order valence-corrected chi connectivity index (χ3v) is 4.57. The summed E-state index contributed by atoms with van der Waals surface area (Å²) >= 11 is 1.14. The molecule has 3 aromatic rings. The Morgan fingerprint density at radius 3 is 2.32 bits per heavy atom. The van der Waals surface area contributed by atoms with Crippen LogP contribution in [0.3, 0.4) is 0 Å². The lowest BCUT2D eigenvalue weighted by molar-refractivity contribution is -0.137. The number of nitrogens with zero attached hydrogens (tertiary/aromatic N) is 3. The summed E-state index contributed by atoms with van der Waals surface area (Å²) in [5, 5.41) is 8.70. The largest absolute Gasteiger partial charge is 0.416 e. The molecule has 0 aliphatic heterocycles. The summed E-state index contributed by atoms with van der Waals surface area (Å²) in [5.74, 6) is 0.445. The third-order valence-electron chi connectivity index (χ3n) is 3.50. The first-order chi connectivity index (χ1) is 11.8. The normalized spacial score (nSPS) is 11.6. The molecule has 3 nitrogen and oxygen atoms in total. The van der Waals surface area contributed by atoms with E-state index in [4.69, 9.17) is 0 Å². The summed E-state index contributed by atoms with van der Waals surface area (Å²) in [6, 6.07) is 12.8. The van der Waals surface area contributed by atoms with Gasteiger partial charge in [0, 0.05) is 10.5 Å². The van der Waals surface area contributed by atoms with Crippen molar-refractivity contribution in [2.45, 2.75) is 29.9 Å². The second-order valence-corrected chi connectivity index (χ2v) is 6.58. The molecule has 128 valence electrons. The van der Waals surface area contributed by atoms with Gasteiger partial charge in [-0.2, -0.15) is 18.3 Å². The molecule has 0 aliphatic rings. The SMILES string of the molecule is Cc1ccc(-c2nnc(C)c(Sc3cccc(C(F)(F)F)c3)n2)cc1. The lowest BCUT2D eigenvalue weighted by Gasteiger charge is -2.09. The lowest BCUT2D eigenvalue weighted by atomic mass is 10.1. The zero-order chi connectivity index (χ0) is 18.0. The Balaban J connectivity index is 1.93. The Hall–Kier alpha value is -2.41. The van der Waals surface area contributed by atoms with Crippen molar-refractivity contribution >= 4 is 11.8 Å². The summed E-state index contributed by atoms with van der Waals surface area (Å²) in [6.45, 7) is 3.71. The highest BCUT2D eigenvalue weighted by atomic mass is 32.2. The Morgan fingerprint density at radius 1 is 0.920 bits per heavy atom. The van der Waals surface area contributed by atoms with Crippen LogP contribution in [0.15, 0.2) is 58.5 Å². The number of aryl methyl sites for hydroxylation is 2. The standard InChI is InChI=1S/C18H14F3N3S/c1-11-6-8-13(9-7-11)16-22-17(12(2)23-24-16)25-15-5-3-4-14(10-15)18(19,20)21/h3-10H,1-2H3. The molecular formula is C18H14F3N3S. The molecule has 0 bridgehead atoms. The van der Waals surface area contributed by atoms with Gasteiger partial charge in [0.05, 0.1) is 11.3 Å². The molecule has 0 saturated carbocycles. The van der Waals surface area contributed by atoms with E-state index in [1.54, 1.807) is 13.0 Å². The molecule has 2 aromatic carbocycles. The molecule has 1 aromatic heterocycles. The molecule has 0 radical (unpaired) electrons. The van der Waals surface area contributed by atoms with Crippen molar-refractivity contribution in [3.63, 3.8) is 0 Å². The topological polar surface area (TPSA) is 38.7 Å². The number of rotatable bonds is 3. The van der Waals surface area contributed by atoms with E-state index in [-0.39, 0.29) is 0 Å². The average Bonchev–Trinajstić information content (AvgIpc) is 2.57. The maximum Gasteiger partial charge on any atom is 0.416 e. The quantitative estimate of drug-likeness (QED) is 0.632. The Kier molecular flexibility index (Phi) is 4.76. The van der Waals surface area contributed by atoms with Crippen LogP contribution in [0.5, 0.6) is 0 Å². The number of aromatic nitrogens is 3. The summed E-state index contributed by atoms with van der Waals surface area (Å²) in [4.78, 5) is 4.92. The fraction of sp³-hybridized carbons (Fsp3) is 0.167. The lowest BCUT2D eigenvalue weighted by Crippen LogP contribution is -2.04. The van der Waals surface area contributed by atoms with Crippen LogP contribution < -0.4 is 0 Å². The van der Waals surface area contributed by atoms with E-state index in [2.05, 4.69) is 15.2 Å². The van der Waals surface area contributed by atoms with Gasteiger partial charge in [-0.25, -0.2) is 4.98 Å². The minimum absolute atomic E-state index is 0.445. The Labute approximate surface area is 147 Å². The van der Waals surface area contributed by atoms with Crippen molar-refractivity contribution in [2.75, 3.05) is 0 Å². The highest BCUT2D eigenvalue weighted by Crippen LogP contribution is 2.34. The van der Waals surface area contributed by atoms with Gasteiger partial charge in [0.15, 0.2) is 5.82 Å². The number of hydrogen-bond acceptors (Lipinski definition) is 4. The number of benzene rings is 2. The van der Waals surface area contributed by atoms with Gasteiger partial charge >= 0.3 is 6.18 Å². The van der Waals surface area contributed by atoms with E-state index in [1.807, 2.05) is 31.2 Å². The summed E-state index contributed by atoms with van der Waals surface area (Å²) in [6.07, 6.45) is -4.37. The maximum absolute atomic E-state index is 12.9. The van der Waals surface area contributed by atoms with Crippen LogP contribution in [-0.4, -0.2) is 15.2 Å². The van der Waals surface area contributed by atoms with E-state index >= 15 is 0 Å². The van der Waals surface area contributed by atoms with Crippen LogP contribution in [0, 0.1) is 13.8 Å². The fourth-order valence-electron chi connectivity index (χ4n) is 2.13. The second kappa shape index (κ2) is 6.84. The summed E-state index contributed by atoms with van der Waals surface area (Å²) in [5.41, 5.74) is 1.81. The van der Waals surface area contributed by atoms with Gasteiger partial charge in [-0.3, -0.25) is 0 Å². The molecule has 0 saturated heterocycles. The van der Waals surface area contributed by atoms with Crippen molar-refractivity contribution in [3.8, 4) is 11.4 Å². The van der Waals surface area contributed by atoms with Crippen LogP contribution in [0.25, 0.3) is 11.4 Å². The van der Waals surface area contributed by atoms with Gasteiger partial charge in [0.2, 0.25) is 0 Å². The van der Waals surface area contributed by atoms with E-state index in [0.29, 0.717) is 21.4 Å². The first-order valence-corrected chi connectivity index (χ1v) is 8.28. The smallest absolute Gasteiger partial charge is 0.218 e. The molecule has 0 fully saturated rings. The van der Waals surface area contributed by atoms with Crippen LogP contribution in [0.4, 0.5) is 13.2 Å². The predicted octanol–water partition coefficient (Wildman–Crippen LogP) is 5.33. The highest BCUT2D eigenvalue weighted by molar-refractivity contribution is 7.99. The highest BCUT2D eigenvalue weighted by Gasteiger charge is 2.30. The molecule has 0 atom stereocenters. The number of alkyl halides is 3. The second-order valence-electron chi connectivity index (χ2n) is 5.52. The van der Waals surface area contributed by atoms with E-state index in [1.165, 1.54) is 6.07 Å². The fourth-order valence-corrected chi connectivity index (χ4v) is 3.01. The van der Waals surface area contributed by atoms with Gasteiger partial charge in [-0.1, -0.05) is 47.7 Å². The van der Waals surface area contributed by atoms with E-state index in [0.717, 1.165) is 35.0 Å². The van der Waals surface area contributed by atoms with Crippen molar-refractivity contribution in [3.05, 3.63) is 65.4 Å². The molecule has 0 spiro atoms. The van der Waals surface area contributed by atoms with Gasteiger partial charge in [-0.15, -0.1) is 5.10 Å². The first kappa shape index (κ1) is 17.4. The molecule has 25 heavy (non-hydrogen) atoms. The molecule has 0 unspecified atom stereocenters. The Bertz CT molecular complexity index is 893. The minimum atomic E-state index is -4.37. The summed E-state index contributed by atoms with van der Waals surface area (Å²) in [7, 11) is 0. The van der Waals surface area contributed by atoms with Crippen LogP contribution in [0.2, 0.25) is 0 Å². The maximum atomic E-state index is 12.9. The monoisotopic (exact) mass is 361 g/mol. The number of hydrogen-bond donors (Lipinski definition) is 0. The zero-order valence-electron chi connectivity index (χ0n) is 13.5. The minimum Gasteiger partial charge on any atom is -0.218 e. The van der Waals surface area contributed by atoms with Crippen LogP contribution >= 0.6 is 11.8 Å². The molecule has 3 rings (SSSR count). The molecule has 0 aliphatic carbocycles. The van der Waals surface area contributed by atoms with Crippen molar-refractivity contribution in [1.29, 1.82) is 0 Å². The van der Waals surface area contributed by atoms with Crippen molar-refractivity contribution in [1.82, 2.24) is 15.2 Å². The average molecular weight is 361 g/mol. The third kappa shape index (κ3) is 4.17. The van der Waals surface area contributed by atoms with E-state index < -0.39 is 11.7 Å². The first-order valence-electron chi connectivity index (χ1n) is 7.46. The number of halogens is 3. The molecule has 0 amide bonds. The van der Waals surface area contributed by atoms with Gasteiger partial charge in [-0.05, 0) is 32.0 Å². The van der Waals surface area contributed by atoms with Crippen LogP contribution in [-0.2, 0) is 6.18 Å². The molecule has 0 N–H and O–H groups in total. The van der Waals surface area contributed by atoms with Gasteiger partial charge in [0.1, 0.15) is 5.03 Å². The molecular weight excluding hydrogens is 347 g/mol. The molecule has 1 heterocycles. The van der Waals surface area contributed by atoms with Gasteiger partial charge < -0.3 is 0 Å². The molecule has 7 heteroatoms. The van der Waals surface area contributed by atoms with Crippen molar-refractivity contribution in [2.24, 2.45) is 0 Å². The van der Waals surface area contributed by atoms with Crippen LogP contribution in [0.1, 0.15) is 16.8 Å².